The number of nitro benzene ring substituents is 1. The summed E-state index contributed by atoms with van der Waals surface area (Å²) in [6.45, 7) is 0. The van der Waals surface area contributed by atoms with Crippen molar-refractivity contribution in [3.63, 3.8) is 0 Å². The molecule has 9 heteroatoms. The van der Waals surface area contributed by atoms with Gasteiger partial charge in [-0.15, -0.1) is 0 Å². The van der Waals surface area contributed by atoms with E-state index >= 15 is 0 Å². The molecule has 3 amide bonds. The molecule has 24 heavy (non-hydrogen) atoms. The van der Waals surface area contributed by atoms with Gasteiger partial charge in [-0.1, -0.05) is 18.2 Å². The van der Waals surface area contributed by atoms with Crippen LogP contribution in [0.5, 0.6) is 0 Å². The first kappa shape index (κ1) is 16.6. The highest BCUT2D eigenvalue weighted by molar-refractivity contribution is 6.42. The van der Waals surface area contributed by atoms with Crippen molar-refractivity contribution in [2.45, 2.75) is 0 Å². The van der Waals surface area contributed by atoms with Crippen LogP contribution in [0, 0.1) is 10.1 Å². The normalized spacial score (nSPS) is 9.83. The Morgan fingerprint density at radius 3 is 2.38 bits per heavy atom. The summed E-state index contributed by atoms with van der Waals surface area (Å²) in [5.74, 6) is -3.18. The van der Waals surface area contributed by atoms with Crippen molar-refractivity contribution in [3.8, 4) is 0 Å². The molecule has 0 bridgehead atoms. The lowest BCUT2D eigenvalue weighted by Crippen LogP contribution is -2.39. The fourth-order valence-corrected chi connectivity index (χ4v) is 1.82. The van der Waals surface area contributed by atoms with E-state index in [1.807, 2.05) is 5.32 Å². The first-order valence-electron chi connectivity index (χ1n) is 6.64. The number of para-hydroxylation sites is 1. The van der Waals surface area contributed by atoms with Gasteiger partial charge in [0.25, 0.3) is 11.6 Å². The van der Waals surface area contributed by atoms with Gasteiger partial charge >= 0.3 is 11.8 Å². The minimum absolute atomic E-state index is 0.0500. The number of anilines is 2. The molecule has 0 aromatic heterocycles. The molecule has 2 aromatic carbocycles. The molecule has 122 valence electrons. The summed E-state index contributed by atoms with van der Waals surface area (Å²) in [4.78, 5) is 45.4. The number of hydrogen-bond donors (Lipinski definition) is 3. The van der Waals surface area contributed by atoms with Crippen molar-refractivity contribution in [2.24, 2.45) is 0 Å². The van der Waals surface area contributed by atoms with Gasteiger partial charge in [0, 0.05) is 23.5 Å². The zero-order valence-electron chi connectivity index (χ0n) is 12.2. The predicted octanol–water partition coefficient (Wildman–Crippen LogP) is 1.07. The Morgan fingerprint density at radius 2 is 1.71 bits per heavy atom. The van der Waals surface area contributed by atoms with Crippen molar-refractivity contribution in [1.82, 2.24) is 5.32 Å². The summed E-state index contributed by atoms with van der Waals surface area (Å²) in [5.41, 5.74) is 5.61. The highest BCUT2D eigenvalue weighted by atomic mass is 16.6. The number of nitrogen functional groups attached to an aromatic ring is 1. The fraction of sp³-hybridized carbons (Fsp3) is 0. The molecule has 2 aromatic rings. The van der Waals surface area contributed by atoms with Crippen LogP contribution in [0.1, 0.15) is 10.4 Å². The molecule has 0 unspecified atom stereocenters. The smallest absolute Gasteiger partial charge is 0.316 e. The number of amides is 3. The number of non-ortho nitro benzene ring substituents is 1. The molecule has 0 radical (unpaired) electrons. The molecule has 0 atom stereocenters. The number of rotatable bonds is 3. The van der Waals surface area contributed by atoms with Crippen molar-refractivity contribution in [1.29, 1.82) is 0 Å². The third-order valence-corrected chi connectivity index (χ3v) is 2.95. The lowest BCUT2D eigenvalue weighted by molar-refractivity contribution is -0.384. The van der Waals surface area contributed by atoms with Crippen LogP contribution in [0.15, 0.2) is 48.5 Å². The van der Waals surface area contributed by atoms with Gasteiger partial charge in [0.1, 0.15) is 0 Å². The maximum atomic E-state index is 11.9. The van der Waals surface area contributed by atoms with Gasteiger partial charge in [-0.2, -0.15) is 0 Å². The number of carbonyl (C=O) groups is 3. The van der Waals surface area contributed by atoms with Crippen LogP contribution in [-0.2, 0) is 9.59 Å². The van der Waals surface area contributed by atoms with E-state index in [1.54, 1.807) is 12.1 Å². The first-order valence-corrected chi connectivity index (χ1v) is 6.64. The van der Waals surface area contributed by atoms with Gasteiger partial charge in [-0.05, 0) is 18.2 Å². The molecule has 9 nitrogen and oxygen atoms in total. The van der Waals surface area contributed by atoms with Crippen LogP contribution in [0.3, 0.4) is 0 Å². The van der Waals surface area contributed by atoms with E-state index in [4.69, 9.17) is 5.73 Å². The summed E-state index contributed by atoms with van der Waals surface area (Å²) < 4.78 is 0. The lowest BCUT2D eigenvalue weighted by Gasteiger charge is -2.07. The molecule has 0 spiro atoms. The molecule has 0 aliphatic heterocycles. The average Bonchev–Trinajstić information content (AvgIpc) is 2.55. The minimum atomic E-state index is -1.21. The molecule has 0 saturated heterocycles. The quantitative estimate of drug-likeness (QED) is 0.333. The van der Waals surface area contributed by atoms with Crippen LogP contribution in [0.25, 0.3) is 0 Å². The van der Waals surface area contributed by atoms with Crippen LogP contribution >= 0.6 is 0 Å². The number of carbonyl (C=O) groups excluding carboxylic acids is 3. The number of benzene rings is 2. The topological polar surface area (TPSA) is 144 Å². The Hall–Kier alpha value is -3.75. The molecular weight excluding hydrogens is 316 g/mol. The molecule has 0 heterocycles. The number of nitrogens with one attached hydrogen (secondary N) is 2. The van der Waals surface area contributed by atoms with Gasteiger partial charge in [0.05, 0.1) is 10.5 Å². The van der Waals surface area contributed by atoms with E-state index in [9.17, 15) is 24.5 Å². The lowest BCUT2D eigenvalue weighted by atomic mass is 10.1. The molecule has 0 aliphatic carbocycles. The van der Waals surface area contributed by atoms with Gasteiger partial charge in [0.15, 0.2) is 0 Å². The largest absolute Gasteiger partial charge is 0.398 e. The fourth-order valence-electron chi connectivity index (χ4n) is 1.82. The number of nitrogens with two attached hydrogens (primary N) is 1. The zero-order valence-corrected chi connectivity index (χ0v) is 12.2. The number of hydrogen-bond acceptors (Lipinski definition) is 6. The van der Waals surface area contributed by atoms with E-state index < -0.39 is 22.6 Å². The highest BCUT2D eigenvalue weighted by Crippen LogP contribution is 2.17. The Labute approximate surface area is 135 Å². The van der Waals surface area contributed by atoms with Crippen molar-refractivity contribution in [3.05, 3.63) is 64.2 Å². The van der Waals surface area contributed by atoms with Gasteiger partial charge in [-0.3, -0.25) is 29.8 Å². The summed E-state index contributed by atoms with van der Waals surface area (Å²) in [6.07, 6.45) is 0. The standard InChI is InChI=1S/C15H12N4O5/c16-12-7-2-1-6-11(12)13(20)18-15(22)14(21)17-9-4-3-5-10(8-9)19(23)24/h1-8H,16H2,(H,17,21)(H,18,20,22). The molecular formula is C15H12N4O5. The van der Waals surface area contributed by atoms with Gasteiger partial charge in [-0.25, -0.2) is 0 Å². The van der Waals surface area contributed by atoms with Crippen molar-refractivity contribution in [2.75, 3.05) is 11.1 Å². The van der Waals surface area contributed by atoms with E-state index in [-0.39, 0.29) is 22.6 Å². The van der Waals surface area contributed by atoms with Crippen LogP contribution in [-0.4, -0.2) is 22.6 Å². The molecule has 2 rings (SSSR count). The minimum Gasteiger partial charge on any atom is -0.398 e. The molecule has 0 fully saturated rings. The molecule has 4 N–H and O–H groups in total. The molecule has 0 aliphatic rings. The van der Waals surface area contributed by atoms with E-state index in [0.29, 0.717) is 0 Å². The number of nitrogens with zero attached hydrogens (tertiary/aromatic N) is 1. The Morgan fingerprint density at radius 1 is 1.00 bits per heavy atom. The van der Waals surface area contributed by atoms with Crippen molar-refractivity contribution >= 4 is 34.8 Å². The first-order chi connectivity index (χ1) is 11.4. The monoisotopic (exact) mass is 328 g/mol. The van der Waals surface area contributed by atoms with Gasteiger partial charge < -0.3 is 11.1 Å². The molecule has 0 saturated carbocycles. The second kappa shape index (κ2) is 7.01. The van der Waals surface area contributed by atoms with Crippen LogP contribution in [0.2, 0.25) is 0 Å². The maximum absolute atomic E-state index is 11.9. The summed E-state index contributed by atoms with van der Waals surface area (Å²) in [7, 11) is 0. The average molecular weight is 328 g/mol. The third kappa shape index (κ3) is 3.91. The van der Waals surface area contributed by atoms with E-state index in [2.05, 4.69) is 5.32 Å². The number of nitro groups is 1. The maximum Gasteiger partial charge on any atom is 0.316 e. The summed E-state index contributed by atoms with van der Waals surface area (Å²) in [5, 5.41) is 14.7. The summed E-state index contributed by atoms with van der Waals surface area (Å²) in [6, 6.07) is 11.1. The Bertz CT molecular complexity index is 834. The summed E-state index contributed by atoms with van der Waals surface area (Å²) >= 11 is 0. The van der Waals surface area contributed by atoms with E-state index in [1.165, 1.54) is 30.3 Å². The number of imide groups is 1. The van der Waals surface area contributed by atoms with Gasteiger partial charge in [0.2, 0.25) is 0 Å². The predicted molar refractivity (Wildman–Crippen MR) is 85.1 cm³/mol. The van der Waals surface area contributed by atoms with E-state index in [0.717, 1.165) is 6.07 Å². The Balaban J connectivity index is 2.04. The second-order valence-corrected chi connectivity index (χ2v) is 4.63. The van der Waals surface area contributed by atoms with Crippen LogP contribution < -0.4 is 16.4 Å². The Kier molecular flexibility index (Phi) is 4.85. The second-order valence-electron chi connectivity index (χ2n) is 4.63. The third-order valence-electron chi connectivity index (χ3n) is 2.95. The van der Waals surface area contributed by atoms with Crippen LogP contribution in [0.4, 0.5) is 17.1 Å². The SMILES string of the molecule is Nc1ccccc1C(=O)NC(=O)C(=O)Nc1cccc([N+](=O)[O-])c1. The highest BCUT2D eigenvalue weighted by Gasteiger charge is 2.19. The van der Waals surface area contributed by atoms with Crippen molar-refractivity contribution < 1.29 is 19.3 Å². The zero-order chi connectivity index (χ0) is 17.7.